The molecule has 0 aromatic rings. The van der Waals surface area contributed by atoms with Crippen LogP contribution >= 0.6 is 0 Å². The number of piperidine rings is 1. The van der Waals surface area contributed by atoms with E-state index in [1.54, 1.807) is 6.92 Å². The first-order valence-electron chi connectivity index (χ1n) is 7.15. The molecule has 0 radical (unpaired) electrons. The first-order valence-corrected chi connectivity index (χ1v) is 7.15. The number of amides is 1. The van der Waals surface area contributed by atoms with Crippen molar-refractivity contribution in [2.45, 2.75) is 65.1 Å². The largest absolute Gasteiger partial charge is 0.480 e. The van der Waals surface area contributed by atoms with Crippen LogP contribution in [0.15, 0.2) is 0 Å². The predicted molar refractivity (Wildman–Crippen MR) is 73.9 cm³/mol. The van der Waals surface area contributed by atoms with Gasteiger partial charge in [0.2, 0.25) is 5.91 Å². The first kappa shape index (κ1) is 16.0. The number of carboxylic acids is 1. The quantitative estimate of drug-likeness (QED) is 0.794. The number of aliphatic carboxylic acids is 1. The molecule has 3 unspecified atom stereocenters. The Morgan fingerprint density at radius 3 is 2.47 bits per heavy atom. The molecule has 19 heavy (non-hydrogen) atoms. The summed E-state index contributed by atoms with van der Waals surface area (Å²) in [6.45, 7) is 8.38. The van der Waals surface area contributed by atoms with E-state index in [1.165, 1.54) is 0 Å². The smallest absolute Gasteiger partial charge is 0.320 e. The Hall–Kier alpha value is -1.10. The summed E-state index contributed by atoms with van der Waals surface area (Å²) in [5.74, 6) is -0.448. The molecule has 110 valence electrons. The van der Waals surface area contributed by atoms with Gasteiger partial charge in [0.15, 0.2) is 0 Å². The van der Waals surface area contributed by atoms with Crippen LogP contribution in [-0.4, -0.2) is 46.6 Å². The molecule has 1 rings (SSSR count). The second-order valence-electron chi connectivity index (χ2n) is 5.73. The number of carboxylic acid groups (broad SMARTS) is 1. The predicted octanol–water partition coefficient (Wildman–Crippen LogP) is 1.47. The van der Waals surface area contributed by atoms with E-state index in [0.29, 0.717) is 18.9 Å². The lowest BCUT2D eigenvalue weighted by atomic mass is 9.88. The Labute approximate surface area is 115 Å². The maximum Gasteiger partial charge on any atom is 0.320 e. The van der Waals surface area contributed by atoms with Crippen LogP contribution in [0.3, 0.4) is 0 Å². The SMILES string of the molecule is CCC1CCN(C(C)C(=O)NC(C)C)C(C(=O)O)C1. The molecule has 0 aromatic carbocycles. The number of carbonyl (C=O) groups excluding carboxylic acids is 1. The second-order valence-corrected chi connectivity index (χ2v) is 5.73. The van der Waals surface area contributed by atoms with Gasteiger partial charge in [0.25, 0.3) is 0 Å². The molecule has 2 N–H and O–H groups in total. The number of hydrogen-bond acceptors (Lipinski definition) is 3. The highest BCUT2D eigenvalue weighted by molar-refractivity contribution is 5.83. The van der Waals surface area contributed by atoms with Gasteiger partial charge in [-0.05, 0) is 39.5 Å². The van der Waals surface area contributed by atoms with Gasteiger partial charge >= 0.3 is 5.97 Å². The van der Waals surface area contributed by atoms with Crippen LogP contribution in [0.1, 0.15) is 47.0 Å². The highest BCUT2D eigenvalue weighted by Crippen LogP contribution is 2.27. The minimum Gasteiger partial charge on any atom is -0.480 e. The Morgan fingerprint density at radius 2 is 2.00 bits per heavy atom. The molecule has 0 spiro atoms. The average Bonchev–Trinajstić information content (AvgIpc) is 2.36. The maximum absolute atomic E-state index is 12.0. The van der Waals surface area contributed by atoms with Gasteiger partial charge in [-0.2, -0.15) is 0 Å². The maximum atomic E-state index is 12.0. The van der Waals surface area contributed by atoms with Crippen molar-refractivity contribution in [1.29, 1.82) is 0 Å². The van der Waals surface area contributed by atoms with Crippen LogP contribution in [0.4, 0.5) is 0 Å². The second kappa shape index (κ2) is 6.89. The number of nitrogens with one attached hydrogen (secondary N) is 1. The Bertz CT molecular complexity index is 331. The molecule has 0 aromatic heterocycles. The van der Waals surface area contributed by atoms with E-state index in [4.69, 9.17) is 0 Å². The van der Waals surface area contributed by atoms with Crippen LogP contribution in [0.25, 0.3) is 0 Å². The van der Waals surface area contributed by atoms with Gasteiger partial charge in [-0.25, -0.2) is 0 Å². The summed E-state index contributed by atoms with van der Waals surface area (Å²) in [6, 6.07) is -0.848. The number of rotatable bonds is 5. The zero-order valence-corrected chi connectivity index (χ0v) is 12.3. The van der Waals surface area contributed by atoms with Gasteiger partial charge in [0.05, 0.1) is 6.04 Å². The molecule has 5 nitrogen and oxygen atoms in total. The average molecular weight is 270 g/mol. The van der Waals surface area contributed by atoms with Gasteiger partial charge in [0, 0.05) is 12.6 Å². The molecule has 1 amide bonds. The monoisotopic (exact) mass is 270 g/mol. The van der Waals surface area contributed by atoms with E-state index < -0.39 is 12.0 Å². The number of likely N-dealkylation sites (tertiary alicyclic amines) is 1. The number of nitrogens with zero attached hydrogens (tertiary/aromatic N) is 1. The lowest BCUT2D eigenvalue weighted by molar-refractivity contribution is -0.148. The zero-order chi connectivity index (χ0) is 14.6. The van der Waals surface area contributed by atoms with E-state index in [2.05, 4.69) is 12.2 Å². The highest BCUT2D eigenvalue weighted by Gasteiger charge is 2.37. The van der Waals surface area contributed by atoms with Crippen molar-refractivity contribution in [3.05, 3.63) is 0 Å². The Kier molecular flexibility index (Phi) is 5.79. The van der Waals surface area contributed by atoms with E-state index in [0.717, 1.165) is 12.8 Å². The third kappa shape index (κ3) is 4.20. The van der Waals surface area contributed by atoms with E-state index >= 15 is 0 Å². The molecule has 1 saturated heterocycles. The fourth-order valence-electron chi connectivity index (χ4n) is 2.69. The molecule has 0 saturated carbocycles. The molecular weight excluding hydrogens is 244 g/mol. The molecule has 1 fully saturated rings. The molecular formula is C14H26N2O3. The van der Waals surface area contributed by atoms with Crippen molar-refractivity contribution in [2.75, 3.05) is 6.54 Å². The summed E-state index contributed by atoms with van der Waals surface area (Å²) in [5, 5.41) is 12.2. The van der Waals surface area contributed by atoms with Gasteiger partial charge in [-0.3, -0.25) is 14.5 Å². The van der Waals surface area contributed by atoms with Crippen LogP contribution in [-0.2, 0) is 9.59 Å². The Morgan fingerprint density at radius 1 is 1.37 bits per heavy atom. The summed E-state index contributed by atoms with van der Waals surface area (Å²) in [6.07, 6.45) is 2.62. The van der Waals surface area contributed by atoms with Crippen LogP contribution in [0.2, 0.25) is 0 Å². The summed E-state index contributed by atoms with van der Waals surface area (Å²) in [7, 11) is 0. The van der Waals surface area contributed by atoms with Gasteiger partial charge in [0.1, 0.15) is 6.04 Å². The van der Waals surface area contributed by atoms with Crippen molar-refractivity contribution < 1.29 is 14.7 Å². The van der Waals surface area contributed by atoms with E-state index in [1.807, 2.05) is 18.7 Å². The van der Waals surface area contributed by atoms with E-state index in [9.17, 15) is 14.7 Å². The Balaban J connectivity index is 2.73. The fraction of sp³-hybridized carbons (Fsp3) is 0.857. The number of hydrogen-bond donors (Lipinski definition) is 2. The zero-order valence-electron chi connectivity index (χ0n) is 12.3. The number of carbonyl (C=O) groups is 2. The molecule has 0 aliphatic carbocycles. The minimum absolute atomic E-state index is 0.0754. The normalized spacial score (nSPS) is 26.2. The molecule has 5 heteroatoms. The molecule has 3 atom stereocenters. The lowest BCUT2D eigenvalue weighted by Gasteiger charge is -2.40. The molecule has 1 aliphatic rings. The van der Waals surface area contributed by atoms with Crippen molar-refractivity contribution >= 4 is 11.9 Å². The summed E-state index contributed by atoms with van der Waals surface area (Å²) in [5.41, 5.74) is 0. The molecule has 1 heterocycles. The van der Waals surface area contributed by atoms with Crippen molar-refractivity contribution in [3.63, 3.8) is 0 Å². The lowest BCUT2D eigenvalue weighted by Crippen LogP contribution is -2.56. The minimum atomic E-state index is -0.817. The van der Waals surface area contributed by atoms with Gasteiger partial charge < -0.3 is 10.4 Å². The van der Waals surface area contributed by atoms with Crippen LogP contribution in [0, 0.1) is 5.92 Å². The summed E-state index contributed by atoms with van der Waals surface area (Å²) >= 11 is 0. The fourth-order valence-corrected chi connectivity index (χ4v) is 2.69. The summed E-state index contributed by atoms with van der Waals surface area (Å²) < 4.78 is 0. The third-order valence-electron chi connectivity index (χ3n) is 3.92. The van der Waals surface area contributed by atoms with Crippen molar-refractivity contribution in [3.8, 4) is 0 Å². The van der Waals surface area contributed by atoms with E-state index in [-0.39, 0.29) is 18.0 Å². The third-order valence-corrected chi connectivity index (χ3v) is 3.92. The standard InChI is InChI=1S/C14H26N2O3/c1-5-11-6-7-16(12(8-11)14(18)19)10(4)13(17)15-9(2)3/h9-12H,5-8H2,1-4H3,(H,15,17)(H,18,19). The van der Waals surface area contributed by atoms with Crippen molar-refractivity contribution in [1.82, 2.24) is 10.2 Å². The first-order chi connectivity index (χ1) is 8.86. The van der Waals surface area contributed by atoms with Crippen molar-refractivity contribution in [2.24, 2.45) is 5.92 Å². The van der Waals surface area contributed by atoms with Gasteiger partial charge in [-0.15, -0.1) is 0 Å². The van der Waals surface area contributed by atoms with Crippen LogP contribution < -0.4 is 5.32 Å². The highest BCUT2D eigenvalue weighted by atomic mass is 16.4. The molecule has 0 bridgehead atoms. The topological polar surface area (TPSA) is 69.6 Å². The molecule has 1 aliphatic heterocycles. The van der Waals surface area contributed by atoms with Gasteiger partial charge in [-0.1, -0.05) is 13.3 Å². The summed E-state index contributed by atoms with van der Waals surface area (Å²) in [4.78, 5) is 25.3. The van der Waals surface area contributed by atoms with Crippen LogP contribution in [0.5, 0.6) is 0 Å².